The van der Waals surface area contributed by atoms with Gasteiger partial charge in [-0.05, 0) is 38.1 Å². The van der Waals surface area contributed by atoms with E-state index in [2.05, 4.69) is 15.3 Å². The van der Waals surface area contributed by atoms with Crippen LogP contribution in [0.4, 0.5) is 11.6 Å². The van der Waals surface area contributed by atoms with Crippen LogP contribution in [0.2, 0.25) is 5.02 Å². The second kappa shape index (κ2) is 6.93. The van der Waals surface area contributed by atoms with Gasteiger partial charge >= 0.3 is 0 Å². The third-order valence-corrected chi connectivity index (χ3v) is 4.04. The Morgan fingerprint density at radius 2 is 2.21 bits per heavy atom. The first-order valence-corrected chi connectivity index (χ1v) is 8.19. The minimum Gasteiger partial charge on any atom is -0.384 e. The molecule has 0 spiro atoms. The third-order valence-electron chi connectivity index (χ3n) is 3.74. The van der Waals surface area contributed by atoms with E-state index in [1.54, 1.807) is 12.3 Å². The number of hydrogen-bond acceptors (Lipinski definition) is 6. The van der Waals surface area contributed by atoms with Gasteiger partial charge in [0.25, 0.3) is 0 Å². The zero-order valence-electron chi connectivity index (χ0n) is 13.8. The Hall–Kier alpha value is -1.89. The van der Waals surface area contributed by atoms with Gasteiger partial charge in [-0.1, -0.05) is 11.6 Å². The summed E-state index contributed by atoms with van der Waals surface area (Å²) >= 11 is 6.27. The molecule has 3 heterocycles. The van der Waals surface area contributed by atoms with E-state index in [0.717, 1.165) is 11.4 Å². The van der Waals surface area contributed by atoms with Crippen LogP contribution in [-0.4, -0.2) is 41.4 Å². The quantitative estimate of drug-likeness (QED) is 0.883. The molecule has 1 saturated heterocycles. The number of nitrogens with zero attached hydrogens (tertiary/aromatic N) is 2. The fraction of sp³-hybridized carbons (Fsp3) is 0.412. The molecule has 0 aliphatic carbocycles. The summed E-state index contributed by atoms with van der Waals surface area (Å²) in [6, 6.07) is 7.22. The summed E-state index contributed by atoms with van der Waals surface area (Å²) in [5, 5.41) is 3.83. The molecule has 7 heteroatoms. The summed E-state index contributed by atoms with van der Waals surface area (Å²) < 4.78 is 11.6. The van der Waals surface area contributed by atoms with E-state index in [0.29, 0.717) is 36.3 Å². The topological polar surface area (TPSA) is 82.3 Å². The van der Waals surface area contributed by atoms with Crippen molar-refractivity contribution in [3.63, 3.8) is 0 Å². The third kappa shape index (κ3) is 4.14. The summed E-state index contributed by atoms with van der Waals surface area (Å²) in [4.78, 5) is 8.56. The summed E-state index contributed by atoms with van der Waals surface area (Å²) in [5.74, 6) is 1.15. The monoisotopic (exact) mass is 348 g/mol. The van der Waals surface area contributed by atoms with Crippen molar-refractivity contribution in [1.82, 2.24) is 9.97 Å². The van der Waals surface area contributed by atoms with E-state index in [-0.39, 0.29) is 11.7 Å². The number of nitrogens with one attached hydrogen (secondary N) is 1. The maximum atomic E-state index is 6.27. The number of rotatable bonds is 4. The Morgan fingerprint density at radius 3 is 2.92 bits per heavy atom. The fourth-order valence-corrected chi connectivity index (χ4v) is 2.62. The van der Waals surface area contributed by atoms with Crippen molar-refractivity contribution in [3.8, 4) is 11.3 Å². The van der Waals surface area contributed by atoms with Crippen LogP contribution in [0.1, 0.15) is 13.8 Å². The summed E-state index contributed by atoms with van der Waals surface area (Å²) in [6.07, 6.45) is 1.63. The largest absolute Gasteiger partial charge is 0.384 e. The molecule has 2 aromatic heterocycles. The first-order chi connectivity index (χ1) is 11.4. The van der Waals surface area contributed by atoms with Crippen LogP contribution in [0.15, 0.2) is 30.5 Å². The lowest BCUT2D eigenvalue weighted by Gasteiger charge is -2.35. The van der Waals surface area contributed by atoms with Gasteiger partial charge in [0, 0.05) is 18.3 Å². The first-order valence-electron chi connectivity index (χ1n) is 7.81. The normalized spacial score (nSPS) is 19.9. The average molecular weight is 349 g/mol. The lowest BCUT2D eigenvalue weighted by molar-refractivity contribution is -0.170. The molecule has 0 radical (unpaired) electrons. The highest BCUT2D eigenvalue weighted by molar-refractivity contribution is 6.33. The molecule has 128 valence electrons. The van der Waals surface area contributed by atoms with Gasteiger partial charge in [-0.3, -0.25) is 0 Å². The molecular weight excluding hydrogens is 328 g/mol. The standard InChI is InChI=1S/C17H21ClN4O2/c1-17(2)10-23-12(9-24-17)8-21-15-4-3-13(18)16(22-15)11-5-6-20-14(19)7-11/h3-7,12H,8-10H2,1-2H3,(H2,19,20)(H,21,22). The van der Waals surface area contributed by atoms with Gasteiger partial charge in [0.1, 0.15) is 11.6 Å². The van der Waals surface area contributed by atoms with Gasteiger partial charge < -0.3 is 20.5 Å². The number of aromatic nitrogens is 2. The maximum Gasteiger partial charge on any atom is 0.126 e. The zero-order chi connectivity index (χ0) is 17.2. The van der Waals surface area contributed by atoms with Crippen molar-refractivity contribution < 1.29 is 9.47 Å². The fourth-order valence-electron chi connectivity index (χ4n) is 2.40. The van der Waals surface area contributed by atoms with E-state index in [1.807, 2.05) is 32.0 Å². The molecule has 1 aliphatic heterocycles. The van der Waals surface area contributed by atoms with Gasteiger partial charge in [-0.25, -0.2) is 9.97 Å². The summed E-state index contributed by atoms with van der Waals surface area (Å²) in [7, 11) is 0. The van der Waals surface area contributed by atoms with Gasteiger partial charge in [0.2, 0.25) is 0 Å². The van der Waals surface area contributed by atoms with E-state index < -0.39 is 0 Å². The Balaban J connectivity index is 1.68. The van der Waals surface area contributed by atoms with Crippen molar-refractivity contribution >= 4 is 23.2 Å². The predicted molar refractivity (Wildman–Crippen MR) is 95.2 cm³/mol. The van der Waals surface area contributed by atoms with Gasteiger partial charge in [0.05, 0.1) is 35.6 Å². The molecular formula is C17H21ClN4O2. The van der Waals surface area contributed by atoms with Crippen LogP contribution in [-0.2, 0) is 9.47 Å². The molecule has 0 bridgehead atoms. The average Bonchev–Trinajstić information content (AvgIpc) is 2.55. The SMILES string of the molecule is CC1(C)COC(CNc2ccc(Cl)c(-c3ccnc(N)c3)n2)CO1. The maximum absolute atomic E-state index is 6.27. The minimum atomic E-state index is -0.219. The van der Waals surface area contributed by atoms with Crippen molar-refractivity contribution in [2.45, 2.75) is 25.6 Å². The number of pyridine rings is 2. The Bertz CT molecular complexity index is 713. The van der Waals surface area contributed by atoms with Gasteiger partial charge in [-0.2, -0.15) is 0 Å². The number of nitrogen functional groups attached to an aromatic ring is 1. The lowest BCUT2D eigenvalue weighted by atomic mass is 10.1. The highest BCUT2D eigenvalue weighted by Crippen LogP contribution is 2.28. The molecule has 24 heavy (non-hydrogen) atoms. The van der Waals surface area contributed by atoms with Gasteiger partial charge in [-0.15, -0.1) is 0 Å². The lowest BCUT2D eigenvalue weighted by Crippen LogP contribution is -2.44. The van der Waals surface area contributed by atoms with E-state index in [9.17, 15) is 0 Å². The van der Waals surface area contributed by atoms with Crippen molar-refractivity contribution in [1.29, 1.82) is 0 Å². The smallest absolute Gasteiger partial charge is 0.126 e. The molecule has 1 unspecified atom stereocenters. The second-order valence-corrected chi connectivity index (χ2v) is 6.79. The summed E-state index contributed by atoms with van der Waals surface area (Å²) in [5.41, 5.74) is 7.01. The number of hydrogen-bond donors (Lipinski definition) is 2. The van der Waals surface area contributed by atoms with E-state index in [1.165, 1.54) is 0 Å². The molecule has 3 N–H and O–H groups in total. The Labute approximate surface area is 146 Å². The Kier molecular flexibility index (Phi) is 4.89. The van der Waals surface area contributed by atoms with Gasteiger partial charge in [0.15, 0.2) is 0 Å². The number of anilines is 2. The molecule has 1 fully saturated rings. The van der Waals surface area contributed by atoms with Crippen LogP contribution in [0.5, 0.6) is 0 Å². The number of nitrogens with two attached hydrogens (primary N) is 1. The van der Waals surface area contributed by atoms with Crippen LogP contribution in [0.25, 0.3) is 11.3 Å². The van der Waals surface area contributed by atoms with Crippen LogP contribution < -0.4 is 11.1 Å². The van der Waals surface area contributed by atoms with E-state index in [4.69, 9.17) is 26.8 Å². The molecule has 6 nitrogen and oxygen atoms in total. The minimum absolute atomic E-state index is 0.00415. The molecule has 1 aliphatic rings. The van der Waals surface area contributed by atoms with E-state index >= 15 is 0 Å². The van der Waals surface area contributed by atoms with Crippen LogP contribution in [0, 0.1) is 0 Å². The molecule has 0 aromatic carbocycles. The van der Waals surface area contributed by atoms with Crippen LogP contribution in [0.3, 0.4) is 0 Å². The predicted octanol–water partition coefficient (Wildman–Crippen LogP) is 2.99. The molecule has 0 amide bonds. The van der Waals surface area contributed by atoms with Crippen molar-refractivity contribution in [3.05, 3.63) is 35.5 Å². The molecule has 2 aromatic rings. The number of ether oxygens (including phenoxy) is 2. The first kappa shape index (κ1) is 17.0. The van der Waals surface area contributed by atoms with Crippen molar-refractivity contribution in [2.75, 3.05) is 30.8 Å². The van der Waals surface area contributed by atoms with Crippen LogP contribution >= 0.6 is 11.6 Å². The summed E-state index contributed by atoms with van der Waals surface area (Å²) in [6.45, 7) is 5.78. The number of halogens is 1. The highest BCUT2D eigenvalue weighted by Gasteiger charge is 2.28. The Morgan fingerprint density at radius 1 is 1.38 bits per heavy atom. The zero-order valence-corrected chi connectivity index (χ0v) is 14.5. The molecule has 0 saturated carbocycles. The molecule has 3 rings (SSSR count). The highest BCUT2D eigenvalue weighted by atomic mass is 35.5. The van der Waals surface area contributed by atoms with Crippen molar-refractivity contribution in [2.24, 2.45) is 0 Å². The molecule has 1 atom stereocenters. The second-order valence-electron chi connectivity index (χ2n) is 6.38.